The molecule has 0 unspecified atom stereocenters. The number of rotatable bonds is 8. The maximum Gasteiger partial charge on any atom is 0.276 e. The molecule has 0 spiro atoms. The third-order valence-corrected chi connectivity index (χ3v) is 7.44. The van der Waals surface area contributed by atoms with Crippen molar-refractivity contribution in [2.75, 3.05) is 13.7 Å². The maximum atomic E-state index is 11.9. The number of benzene rings is 1. The molecule has 1 fully saturated rings. The molecule has 1 aliphatic heterocycles. The largest absolute Gasteiger partial charge is 0.496 e. The summed E-state index contributed by atoms with van der Waals surface area (Å²) in [5.74, 6) is 0.516. The molecular formula is C24H28ClIN4O7. The lowest BCUT2D eigenvalue weighted by Gasteiger charge is -2.31. The SMILES string of the molecule is COc1cc([C@@H](OCc2cn([C@H]3C[C@@H](O)[C@@H](CO)O3)c3ncnc(Cl)c23)C(C)(C)C)c([N+](=O)[O-])cc1I. The third kappa shape index (κ3) is 5.54. The third-order valence-electron chi connectivity index (χ3n) is 6.31. The Bertz CT molecular complexity index is 1310. The Morgan fingerprint density at radius 2 is 2.11 bits per heavy atom. The van der Waals surface area contributed by atoms with Crippen molar-refractivity contribution in [1.29, 1.82) is 0 Å². The molecule has 37 heavy (non-hydrogen) atoms. The van der Waals surface area contributed by atoms with Crippen LogP contribution in [0.4, 0.5) is 5.69 Å². The number of aliphatic hydroxyl groups is 2. The van der Waals surface area contributed by atoms with Gasteiger partial charge in [0, 0.05) is 24.2 Å². The minimum atomic E-state index is -0.828. The number of hydrogen-bond acceptors (Lipinski definition) is 9. The molecular weight excluding hydrogens is 619 g/mol. The highest BCUT2D eigenvalue weighted by molar-refractivity contribution is 14.1. The van der Waals surface area contributed by atoms with Gasteiger partial charge in [0.25, 0.3) is 5.69 Å². The van der Waals surface area contributed by atoms with E-state index < -0.39 is 34.9 Å². The average Bonchev–Trinajstić information content (AvgIpc) is 3.39. The lowest BCUT2D eigenvalue weighted by molar-refractivity contribution is -0.386. The summed E-state index contributed by atoms with van der Waals surface area (Å²) in [5, 5.41) is 32.4. The van der Waals surface area contributed by atoms with Gasteiger partial charge in [-0.3, -0.25) is 10.1 Å². The summed E-state index contributed by atoms with van der Waals surface area (Å²) in [7, 11) is 1.51. The van der Waals surface area contributed by atoms with Gasteiger partial charge in [0.1, 0.15) is 35.2 Å². The van der Waals surface area contributed by atoms with Crippen molar-refractivity contribution >= 4 is 50.9 Å². The van der Waals surface area contributed by atoms with Gasteiger partial charge in [-0.2, -0.15) is 0 Å². The lowest BCUT2D eigenvalue weighted by atomic mass is 9.83. The number of methoxy groups -OCH3 is 1. The van der Waals surface area contributed by atoms with E-state index in [9.17, 15) is 20.3 Å². The topological polar surface area (TPSA) is 142 Å². The molecule has 200 valence electrons. The standard InChI is InChI=1S/C24H28ClIN4O7/c1-24(2,3)21(13-5-17(35-4)14(26)6-15(13)30(33)34)36-10-12-8-29(19-7-16(32)18(9-31)37-19)23-20(12)22(25)27-11-28-23/h5-6,8,11,16,18-19,21,31-32H,7,9-10H2,1-4H3/t16-,18-,19-,21-/m1/s1. The van der Waals surface area contributed by atoms with Crippen LogP contribution in [0.1, 0.15) is 50.7 Å². The van der Waals surface area contributed by atoms with Gasteiger partial charge in [-0.05, 0) is 34.1 Å². The van der Waals surface area contributed by atoms with Crippen LogP contribution in [0.5, 0.6) is 5.75 Å². The molecule has 0 bridgehead atoms. The molecule has 4 rings (SSSR count). The van der Waals surface area contributed by atoms with Crippen LogP contribution < -0.4 is 4.74 Å². The quantitative estimate of drug-likeness (QED) is 0.156. The van der Waals surface area contributed by atoms with E-state index in [1.165, 1.54) is 19.5 Å². The Morgan fingerprint density at radius 1 is 1.38 bits per heavy atom. The number of aromatic nitrogens is 3. The first-order chi connectivity index (χ1) is 17.5. The second-order valence-corrected chi connectivity index (χ2v) is 11.4. The fourth-order valence-electron chi connectivity index (χ4n) is 4.56. The highest BCUT2D eigenvalue weighted by Crippen LogP contribution is 2.44. The first-order valence-corrected chi connectivity index (χ1v) is 13.0. The van der Waals surface area contributed by atoms with Crippen LogP contribution in [0, 0.1) is 19.1 Å². The summed E-state index contributed by atoms with van der Waals surface area (Å²) in [4.78, 5) is 20.0. The summed E-state index contributed by atoms with van der Waals surface area (Å²) in [6, 6.07) is 3.13. The molecule has 0 saturated carbocycles. The monoisotopic (exact) mass is 646 g/mol. The van der Waals surface area contributed by atoms with Crippen LogP contribution in [-0.4, -0.2) is 55.6 Å². The molecule has 1 aliphatic rings. The molecule has 3 heterocycles. The number of nitro benzene ring substituents is 1. The van der Waals surface area contributed by atoms with Crippen molar-refractivity contribution in [3.63, 3.8) is 0 Å². The second kappa shape index (κ2) is 10.9. The van der Waals surface area contributed by atoms with E-state index in [2.05, 4.69) is 9.97 Å². The zero-order valence-electron chi connectivity index (χ0n) is 20.7. The van der Waals surface area contributed by atoms with Crippen molar-refractivity contribution < 1.29 is 29.3 Å². The van der Waals surface area contributed by atoms with E-state index in [1.54, 1.807) is 16.8 Å². The van der Waals surface area contributed by atoms with Gasteiger partial charge in [0.05, 0.1) is 52.0 Å². The summed E-state index contributed by atoms with van der Waals surface area (Å²) in [5.41, 5.74) is 0.962. The number of ether oxygens (including phenoxy) is 3. The fraction of sp³-hybridized carbons (Fsp3) is 0.500. The van der Waals surface area contributed by atoms with E-state index in [0.29, 0.717) is 31.5 Å². The van der Waals surface area contributed by atoms with Crippen molar-refractivity contribution in [3.8, 4) is 5.75 Å². The summed E-state index contributed by atoms with van der Waals surface area (Å²) < 4.78 is 20.0. The number of nitrogens with zero attached hydrogens (tertiary/aromatic N) is 4. The second-order valence-electron chi connectivity index (χ2n) is 9.90. The number of aliphatic hydroxyl groups excluding tert-OH is 2. The average molecular weight is 647 g/mol. The molecule has 4 atom stereocenters. The zero-order valence-corrected chi connectivity index (χ0v) is 23.6. The normalized spacial score (nSPS) is 20.9. The first-order valence-electron chi connectivity index (χ1n) is 11.5. The predicted octanol–water partition coefficient (Wildman–Crippen LogP) is 4.55. The van der Waals surface area contributed by atoms with Gasteiger partial charge in [-0.15, -0.1) is 0 Å². The molecule has 1 aromatic carbocycles. The Balaban J connectivity index is 1.74. The molecule has 2 aromatic heterocycles. The lowest BCUT2D eigenvalue weighted by Crippen LogP contribution is -2.24. The van der Waals surface area contributed by atoms with Crippen molar-refractivity contribution in [3.05, 3.63) is 54.6 Å². The van der Waals surface area contributed by atoms with Crippen LogP contribution in [0.3, 0.4) is 0 Å². The number of hydrogen-bond donors (Lipinski definition) is 2. The summed E-state index contributed by atoms with van der Waals surface area (Å²) in [6.07, 6.45) is 0.576. The zero-order chi connectivity index (χ0) is 27.1. The number of halogens is 2. The number of fused-ring (bicyclic) bond motifs is 1. The highest BCUT2D eigenvalue weighted by atomic mass is 127. The minimum absolute atomic E-state index is 0.0443. The van der Waals surface area contributed by atoms with Gasteiger partial charge < -0.3 is 29.0 Å². The number of nitro groups is 1. The molecule has 11 nitrogen and oxygen atoms in total. The Morgan fingerprint density at radius 3 is 2.70 bits per heavy atom. The Hall–Kier alpha value is -2.10. The molecule has 3 aromatic rings. The van der Waals surface area contributed by atoms with Gasteiger partial charge in [-0.25, -0.2) is 9.97 Å². The van der Waals surface area contributed by atoms with Crippen molar-refractivity contribution in [2.24, 2.45) is 5.41 Å². The van der Waals surface area contributed by atoms with E-state index in [1.807, 2.05) is 43.4 Å². The van der Waals surface area contributed by atoms with Crippen LogP contribution in [-0.2, 0) is 16.1 Å². The molecule has 2 N–H and O–H groups in total. The minimum Gasteiger partial charge on any atom is -0.496 e. The van der Waals surface area contributed by atoms with Crippen LogP contribution in [0.2, 0.25) is 5.15 Å². The smallest absolute Gasteiger partial charge is 0.276 e. The first kappa shape index (κ1) is 27.9. The summed E-state index contributed by atoms with van der Waals surface area (Å²) >= 11 is 8.46. The van der Waals surface area contributed by atoms with Crippen molar-refractivity contribution in [1.82, 2.24) is 14.5 Å². The van der Waals surface area contributed by atoms with Gasteiger partial charge in [0.15, 0.2) is 0 Å². The Kier molecular flexibility index (Phi) is 8.26. The molecule has 0 radical (unpaired) electrons. The molecule has 1 saturated heterocycles. The van der Waals surface area contributed by atoms with Crippen LogP contribution >= 0.6 is 34.2 Å². The van der Waals surface area contributed by atoms with Gasteiger partial charge in [0.2, 0.25) is 0 Å². The van der Waals surface area contributed by atoms with Crippen molar-refractivity contribution in [2.45, 2.75) is 58.3 Å². The van der Waals surface area contributed by atoms with E-state index in [-0.39, 0.29) is 30.5 Å². The van der Waals surface area contributed by atoms with E-state index >= 15 is 0 Å². The van der Waals surface area contributed by atoms with Gasteiger partial charge in [-0.1, -0.05) is 32.4 Å². The molecule has 13 heteroatoms. The fourth-order valence-corrected chi connectivity index (χ4v) is 5.48. The predicted molar refractivity (Wildman–Crippen MR) is 144 cm³/mol. The van der Waals surface area contributed by atoms with Gasteiger partial charge >= 0.3 is 0 Å². The molecule has 0 amide bonds. The van der Waals surface area contributed by atoms with Crippen LogP contribution in [0.25, 0.3) is 11.0 Å². The maximum absolute atomic E-state index is 11.9. The van der Waals surface area contributed by atoms with Crippen LogP contribution in [0.15, 0.2) is 24.7 Å². The highest BCUT2D eigenvalue weighted by Gasteiger charge is 2.37. The Labute approximate surface area is 232 Å². The summed E-state index contributed by atoms with van der Waals surface area (Å²) in [6.45, 7) is 5.55. The van der Waals surface area contributed by atoms with E-state index in [0.717, 1.165) is 0 Å². The van der Waals surface area contributed by atoms with E-state index in [4.69, 9.17) is 25.8 Å². The molecule has 0 aliphatic carbocycles.